The van der Waals surface area contributed by atoms with E-state index in [1.165, 1.54) is 23.5 Å². The molecule has 1 amide bonds. The standard InChI is InChI=1S/C19H22N4O3S2.ClH/c1-4-21(5-2)10-11-22(18(24)15-8-9-17(27-15)23(25)26)19-20-14-7-6-13(3)12-16(14)28-19;/h6-9,12H,4-5,10-11H2,1-3H3;1H. The number of halogens is 1. The Kier molecular flexibility index (Phi) is 8.09. The number of rotatable bonds is 8. The third-order valence-electron chi connectivity index (χ3n) is 4.53. The number of anilines is 1. The van der Waals surface area contributed by atoms with Crippen LogP contribution in [0, 0.1) is 17.0 Å². The predicted molar refractivity (Wildman–Crippen MR) is 122 cm³/mol. The summed E-state index contributed by atoms with van der Waals surface area (Å²) in [5, 5.41) is 11.6. The van der Waals surface area contributed by atoms with Crippen LogP contribution in [0.2, 0.25) is 0 Å². The lowest BCUT2D eigenvalue weighted by Crippen LogP contribution is -2.38. The third-order valence-corrected chi connectivity index (χ3v) is 6.59. The molecule has 0 aliphatic rings. The number of aromatic nitrogens is 1. The SMILES string of the molecule is CCN(CC)CCN(C(=O)c1ccc([N+](=O)[O-])s1)c1nc2ccc(C)cc2s1.Cl. The van der Waals surface area contributed by atoms with Gasteiger partial charge in [-0.2, -0.15) is 0 Å². The molecule has 1 aromatic carbocycles. The number of likely N-dealkylation sites (N-methyl/N-ethyl adjacent to an activating group) is 1. The van der Waals surface area contributed by atoms with E-state index < -0.39 is 4.92 Å². The van der Waals surface area contributed by atoms with Crippen LogP contribution in [0.5, 0.6) is 0 Å². The van der Waals surface area contributed by atoms with Crippen molar-refractivity contribution in [3.8, 4) is 0 Å². The Balaban J connectivity index is 0.00000300. The van der Waals surface area contributed by atoms with E-state index in [0.29, 0.717) is 23.1 Å². The maximum atomic E-state index is 13.2. The molecule has 3 aromatic rings. The van der Waals surface area contributed by atoms with Crippen molar-refractivity contribution in [3.05, 3.63) is 50.9 Å². The van der Waals surface area contributed by atoms with Crippen LogP contribution in [-0.4, -0.2) is 46.9 Å². The molecular weight excluding hydrogens is 432 g/mol. The predicted octanol–water partition coefficient (Wildman–Crippen LogP) is 4.98. The first-order chi connectivity index (χ1) is 13.4. The molecule has 0 atom stereocenters. The number of carbonyl (C=O) groups is 1. The van der Waals surface area contributed by atoms with Gasteiger partial charge in [-0.05, 0) is 43.8 Å². The number of thiophene rings is 1. The number of benzene rings is 1. The molecule has 0 saturated heterocycles. The number of nitro groups is 1. The second kappa shape index (κ2) is 10.1. The average molecular weight is 455 g/mol. The molecule has 3 rings (SSSR count). The van der Waals surface area contributed by atoms with Crippen LogP contribution < -0.4 is 4.90 Å². The molecule has 10 heteroatoms. The number of carbonyl (C=O) groups excluding carboxylic acids is 1. The fourth-order valence-corrected chi connectivity index (χ4v) is 4.73. The van der Waals surface area contributed by atoms with Gasteiger partial charge in [-0.3, -0.25) is 19.8 Å². The quantitative estimate of drug-likeness (QED) is 0.354. The van der Waals surface area contributed by atoms with Crippen molar-refractivity contribution in [2.75, 3.05) is 31.1 Å². The molecule has 0 bridgehead atoms. The molecule has 156 valence electrons. The van der Waals surface area contributed by atoms with Gasteiger partial charge < -0.3 is 4.90 Å². The highest BCUT2D eigenvalue weighted by Gasteiger charge is 2.25. The Morgan fingerprint density at radius 3 is 2.48 bits per heavy atom. The summed E-state index contributed by atoms with van der Waals surface area (Å²) in [7, 11) is 0. The fourth-order valence-electron chi connectivity index (χ4n) is 2.87. The van der Waals surface area contributed by atoms with Gasteiger partial charge in [0.1, 0.15) is 0 Å². The van der Waals surface area contributed by atoms with E-state index in [4.69, 9.17) is 0 Å². The van der Waals surface area contributed by atoms with Gasteiger partial charge in [0, 0.05) is 19.2 Å². The van der Waals surface area contributed by atoms with E-state index in [-0.39, 0.29) is 23.3 Å². The minimum Gasteiger partial charge on any atom is -0.302 e. The number of hydrogen-bond donors (Lipinski definition) is 0. The summed E-state index contributed by atoms with van der Waals surface area (Å²) in [6, 6.07) is 8.90. The van der Waals surface area contributed by atoms with E-state index in [1.54, 1.807) is 4.90 Å². The van der Waals surface area contributed by atoms with Gasteiger partial charge in [0.15, 0.2) is 5.13 Å². The second-order valence-corrected chi connectivity index (χ2v) is 8.42. The van der Waals surface area contributed by atoms with Crippen molar-refractivity contribution >= 4 is 61.3 Å². The Labute approximate surface area is 183 Å². The van der Waals surface area contributed by atoms with Gasteiger partial charge in [0.05, 0.1) is 20.0 Å². The zero-order valence-electron chi connectivity index (χ0n) is 16.5. The number of nitrogens with zero attached hydrogens (tertiary/aromatic N) is 4. The van der Waals surface area contributed by atoms with Gasteiger partial charge in [-0.1, -0.05) is 42.6 Å². The van der Waals surface area contributed by atoms with E-state index >= 15 is 0 Å². The first kappa shape index (κ1) is 23.2. The highest BCUT2D eigenvalue weighted by atomic mass is 35.5. The van der Waals surface area contributed by atoms with Gasteiger partial charge in [0.2, 0.25) is 0 Å². The van der Waals surface area contributed by atoms with Crippen LogP contribution in [0.4, 0.5) is 10.1 Å². The first-order valence-electron chi connectivity index (χ1n) is 9.08. The molecule has 0 aliphatic carbocycles. The normalized spacial score (nSPS) is 10.9. The highest BCUT2D eigenvalue weighted by molar-refractivity contribution is 7.22. The summed E-state index contributed by atoms with van der Waals surface area (Å²) >= 11 is 2.37. The van der Waals surface area contributed by atoms with E-state index in [9.17, 15) is 14.9 Å². The minimum atomic E-state index is -0.470. The molecule has 0 aliphatic heterocycles. The summed E-state index contributed by atoms with van der Waals surface area (Å²) in [4.78, 5) is 32.6. The van der Waals surface area contributed by atoms with Crippen molar-refractivity contribution in [3.63, 3.8) is 0 Å². The number of hydrogen-bond acceptors (Lipinski definition) is 7. The highest BCUT2D eigenvalue weighted by Crippen LogP contribution is 2.32. The number of amides is 1. The van der Waals surface area contributed by atoms with Crippen molar-refractivity contribution in [2.45, 2.75) is 20.8 Å². The van der Waals surface area contributed by atoms with Crippen LogP contribution in [0.3, 0.4) is 0 Å². The van der Waals surface area contributed by atoms with Crippen LogP contribution in [-0.2, 0) is 0 Å². The number of thiazole rings is 1. The lowest BCUT2D eigenvalue weighted by atomic mass is 10.2. The van der Waals surface area contributed by atoms with Gasteiger partial charge in [-0.25, -0.2) is 4.98 Å². The monoisotopic (exact) mass is 454 g/mol. The second-order valence-electron chi connectivity index (χ2n) is 6.35. The van der Waals surface area contributed by atoms with Crippen LogP contribution in [0.1, 0.15) is 29.1 Å². The summed E-state index contributed by atoms with van der Waals surface area (Å²) in [5.41, 5.74) is 1.99. The van der Waals surface area contributed by atoms with Crippen molar-refractivity contribution in [2.24, 2.45) is 0 Å². The smallest absolute Gasteiger partial charge is 0.302 e. The van der Waals surface area contributed by atoms with Crippen molar-refractivity contribution in [1.82, 2.24) is 9.88 Å². The molecule has 0 fully saturated rings. The molecule has 29 heavy (non-hydrogen) atoms. The summed E-state index contributed by atoms with van der Waals surface area (Å²) in [6.07, 6.45) is 0. The van der Waals surface area contributed by atoms with E-state index in [0.717, 1.165) is 40.2 Å². The zero-order chi connectivity index (χ0) is 20.3. The molecule has 0 unspecified atom stereocenters. The average Bonchev–Trinajstić information content (AvgIpc) is 3.31. The molecule has 7 nitrogen and oxygen atoms in total. The lowest BCUT2D eigenvalue weighted by Gasteiger charge is -2.24. The number of aryl methyl sites for hydroxylation is 1. The third kappa shape index (κ3) is 5.30. The minimum absolute atomic E-state index is 0. The van der Waals surface area contributed by atoms with Crippen LogP contribution >= 0.6 is 35.1 Å². The fraction of sp³-hybridized carbons (Fsp3) is 0.368. The number of fused-ring (bicyclic) bond motifs is 1. The largest absolute Gasteiger partial charge is 0.324 e. The molecule has 2 aromatic heterocycles. The maximum Gasteiger partial charge on any atom is 0.324 e. The molecule has 0 spiro atoms. The van der Waals surface area contributed by atoms with Gasteiger partial charge in [0.25, 0.3) is 5.91 Å². The summed E-state index contributed by atoms with van der Waals surface area (Å²) in [6.45, 7) is 9.15. The maximum absolute atomic E-state index is 13.2. The Morgan fingerprint density at radius 2 is 1.86 bits per heavy atom. The molecular formula is C19H23ClN4O3S2. The molecule has 0 saturated carbocycles. The van der Waals surface area contributed by atoms with Crippen molar-refractivity contribution in [1.29, 1.82) is 0 Å². The van der Waals surface area contributed by atoms with Crippen LogP contribution in [0.15, 0.2) is 30.3 Å². The molecule has 0 radical (unpaired) electrons. The first-order valence-corrected chi connectivity index (χ1v) is 10.7. The van der Waals surface area contributed by atoms with Gasteiger partial charge in [-0.15, -0.1) is 12.4 Å². The van der Waals surface area contributed by atoms with Gasteiger partial charge >= 0.3 is 5.00 Å². The molecule has 0 N–H and O–H groups in total. The van der Waals surface area contributed by atoms with Crippen molar-refractivity contribution < 1.29 is 9.72 Å². The summed E-state index contributed by atoms with van der Waals surface area (Å²) < 4.78 is 1.02. The lowest BCUT2D eigenvalue weighted by molar-refractivity contribution is -0.380. The van der Waals surface area contributed by atoms with E-state index in [1.807, 2.05) is 19.1 Å². The van der Waals surface area contributed by atoms with E-state index in [2.05, 4.69) is 29.8 Å². The topological polar surface area (TPSA) is 79.6 Å². The zero-order valence-corrected chi connectivity index (χ0v) is 18.9. The Morgan fingerprint density at radius 1 is 1.14 bits per heavy atom. The van der Waals surface area contributed by atoms with Crippen LogP contribution in [0.25, 0.3) is 10.2 Å². The molecule has 2 heterocycles. The Bertz CT molecular complexity index is 1000. The summed E-state index contributed by atoms with van der Waals surface area (Å²) in [5.74, 6) is -0.249. The Hall–Kier alpha value is -2.07.